The fourth-order valence-corrected chi connectivity index (χ4v) is 9.70. The molecule has 0 amide bonds. The average molecular weight is 499 g/mol. The summed E-state index contributed by atoms with van der Waals surface area (Å²) in [7, 11) is -7.07. The van der Waals surface area contributed by atoms with Gasteiger partial charge in [-0.2, -0.15) is 10.6 Å². The fourth-order valence-electron chi connectivity index (χ4n) is 5.12. The molecule has 2 atom stereocenters. The van der Waals surface area contributed by atoms with E-state index in [-0.39, 0.29) is 4.90 Å². The smallest absolute Gasteiger partial charge is 0.187 e. The van der Waals surface area contributed by atoms with Gasteiger partial charge in [0.1, 0.15) is 5.25 Å². The molecule has 1 saturated heterocycles. The molecule has 0 aromatic heterocycles. The van der Waals surface area contributed by atoms with Crippen LogP contribution in [0.4, 0.5) is 5.69 Å². The molecule has 180 valence electrons. The van der Waals surface area contributed by atoms with Gasteiger partial charge in [-0.25, -0.2) is 8.42 Å². The SMILES string of the molecule is CC1C(S(=O)(=O)c2ccccc2)c2c(N3CCN(Cc4ccccc4)CC3)cccc2S1(O)O. The van der Waals surface area contributed by atoms with Gasteiger partial charge in [0.15, 0.2) is 9.84 Å². The first-order valence-corrected chi connectivity index (χ1v) is 14.7. The summed E-state index contributed by atoms with van der Waals surface area (Å²) >= 11 is 0. The van der Waals surface area contributed by atoms with Crippen molar-refractivity contribution >= 4 is 26.1 Å². The van der Waals surface area contributed by atoms with Crippen LogP contribution in [0.5, 0.6) is 0 Å². The van der Waals surface area contributed by atoms with E-state index in [2.05, 4.69) is 21.9 Å². The first-order valence-electron chi connectivity index (χ1n) is 11.5. The van der Waals surface area contributed by atoms with E-state index in [0.29, 0.717) is 10.5 Å². The molecule has 0 aliphatic carbocycles. The van der Waals surface area contributed by atoms with Crippen molar-refractivity contribution in [3.8, 4) is 0 Å². The van der Waals surface area contributed by atoms with E-state index in [1.165, 1.54) is 5.56 Å². The molecule has 3 aromatic rings. The third kappa shape index (κ3) is 4.03. The predicted octanol–water partition coefficient (Wildman–Crippen LogP) is 5.04. The fraction of sp³-hybridized carbons (Fsp3) is 0.308. The molecule has 0 saturated carbocycles. The molecule has 8 heteroatoms. The topological polar surface area (TPSA) is 81.1 Å². The van der Waals surface area contributed by atoms with Gasteiger partial charge in [-0.3, -0.25) is 14.0 Å². The quantitative estimate of drug-likeness (QED) is 0.513. The van der Waals surface area contributed by atoms with E-state index in [4.69, 9.17) is 0 Å². The zero-order valence-electron chi connectivity index (χ0n) is 19.1. The van der Waals surface area contributed by atoms with Crippen molar-refractivity contribution in [3.05, 3.63) is 90.0 Å². The van der Waals surface area contributed by atoms with Crippen molar-refractivity contribution in [2.24, 2.45) is 0 Å². The minimum Gasteiger partial charge on any atom is -0.369 e. The van der Waals surface area contributed by atoms with Crippen molar-refractivity contribution < 1.29 is 17.5 Å². The van der Waals surface area contributed by atoms with Gasteiger partial charge in [0, 0.05) is 44.0 Å². The van der Waals surface area contributed by atoms with Crippen LogP contribution in [0.3, 0.4) is 0 Å². The van der Waals surface area contributed by atoms with Crippen molar-refractivity contribution in [1.82, 2.24) is 4.90 Å². The molecule has 0 radical (unpaired) electrons. The van der Waals surface area contributed by atoms with Gasteiger partial charge in [0.25, 0.3) is 0 Å². The second-order valence-corrected chi connectivity index (χ2v) is 13.5. The van der Waals surface area contributed by atoms with Crippen LogP contribution in [0.2, 0.25) is 0 Å². The summed E-state index contributed by atoms with van der Waals surface area (Å²) in [6.45, 7) is 5.71. The zero-order chi connectivity index (χ0) is 23.9. The number of hydrogen-bond donors (Lipinski definition) is 2. The van der Waals surface area contributed by atoms with Crippen LogP contribution >= 0.6 is 10.6 Å². The maximum Gasteiger partial charge on any atom is 0.187 e. The summed E-state index contributed by atoms with van der Waals surface area (Å²) in [5.74, 6) is 0. The van der Waals surface area contributed by atoms with E-state index in [1.54, 1.807) is 43.3 Å². The van der Waals surface area contributed by atoms with Crippen LogP contribution in [-0.2, 0) is 16.4 Å². The molecule has 2 aliphatic rings. The lowest BCUT2D eigenvalue weighted by molar-refractivity contribution is 0.249. The third-order valence-electron chi connectivity index (χ3n) is 6.96. The summed E-state index contributed by atoms with van der Waals surface area (Å²) in [6, 6.07) is 24.1. The van der Waals surface area contributed by atoms with Crippen LogP contribution in [0.15, 0.2) is 88.7 Å². The van der Waals surface area contributed by atoms with Gasteiger partial charge < -0.3 is 4.90 Å². The van der Waals surface area contributed by atoms with Crippen LogP contribution in [0.25, 0.3) is 0 Å². The van der Waals surface area contributed by atoms with Crippen LogP contribution < -0.4 is 4.90 Å². The van der Waals surface area contributed by atoms with Crippen molar-refractivity contribution in [2.75, 3.05) is 31.1 Å². The van der Waals surface area contributed by atoms with E-state index < -0.39 is 30.9 Å². The predicted molar refractivity (Wildman–Crippen MR) is 137 cm³/mol. The summed E-state index contributed by atoms with van der Waals surface area (Å²) in [4.78, 5) is 5.16. The number of nitrogens with zero attached hydrogens (tertiary/aromatic N) is 2. The maximum atomic E-state index is 13.8. The highest BCUT2D eigenvalue weighted by atomic mass is 32.3. The number of anilines is 1. The lowest BCUT2D eigenvalue weighted by atomic mass is 10.1. The molecule has 1 fully saturated rings. The Bertz CT molecular complexity index is 1260. The largest absolute Gasteiger partial charge is 0.369 e. The van der Waals surface area contributed by atoms with Gasteiger partial charge in [0.2, 0.25) is 0 Å². The zero-order valence-corrected chi connectivity index (χ0v) is 20.8. The molecule has 5 rings (SSSR count). The number of rotatable bonds is 5. The average Bonchev–Trinajstić information content (AvgIpc) is 3.07. The summed E-state index contributed by atoms with van der Waals surface area (Å²) in [5, 5.41) is -1.83. The number of sulfone groups is 1. The molecule has 2 unspecified atom stereocenters. The molecule has 0 spiro atoms. The molecule has 34 heavy (non-hydrogen) atoms. The second kappa shape index (κ2) is 9.02. The Kier molecular flexibility index (Phi) is 6.20. The molecule has 2 N–H and O–H groups in total. The van der Waals surface area contributed by atoms with Crippen LogP contribution in [-0.4, -0.2) is 53.9 Å². The molecule has 2 aliphatic heterocycles. The highest BCUT2D eigenvalue weighted by molar-refractivity contribution is 8.25. The highest BCUT2D eigenvalue weighted by Crippen LogP contribution is 2.67. The van der Waals surface area contributed by atoms with Crippen molar-refractivity contribution in [1.29, 1.82) is 0 Å². The number of benzene rings is 3. The normalized spacial score (nSPS) is 23.4. The van der Waals surface area contributed by atoms with Crippen LogP contribution in [0, 0.1) is 0 Å². The monoisotopic (exact) mass is 498 g/mol. The van der Waals surface area contributed by atoms with Crippen molar-refractivity contribution in [3.63, 3.8) is 0 Å². The van der Waals surface area contributed by atoms with Crippen LogP contribution in [0.1, 0.15) is 23.3 Å². The van der Waals surface area contributed by atoms with Gasteiger partial charge in [-0.15, -0.1) is 0 Å². The molecule has 2 heterocycles. The third-order valence-corrected chi connectivity index (χ3v) is 11.7. The Morgan fingerprint density at radius 2 is 1.47 bits per heavy atom. The Hall–Kier alpha value is -2.36. The van der Waals surface area contributed by atoms with Gasteiger partial charge in [-0.05, 0) is 36.8 Å². The Morgan fingerprint density at radius 1 is 0.853 bits per heavy atom. The van der Waals surface area contributed by atoms with Gasteiger partial charge >= 0.3 is 0 Å². The summed E-state index contributed by atoms with van der Waals surface area (Å²) < 4.78 is 49.6. The lowest BCUT2D eigenvalue weighted by Crippen LogP contribution is -2.46. The second-order valence-electron chi connectivity index (χ2n) is 9.01. The number of piperazine rings is 1. The first-order chi connectivity index (χ1) is 16.3. The minimum absolute atomic E-state index is 0.206. The summed E-state index contributed by atoms with van der Waals surface area (Å²) in [5.41, 5.74) is 2.62. The molecule has 6 nitrogen and oxygen atoms in total. The highest BCUT2D eigenvalue weighted by Gasteiger charge is 2.50. The minimum atomic E-state index is -3.82. The van der Waals surface area contributed by atoms with Crippen molar-refractivity contribution in [2.45, 2.75) is 33.8 Å². The van der Waals surface area contributed by atoms with Gasteiger partial charge in [-0.1, -0.05) is 54.6 Å². The Labute approximate surface area is 203 Å². The van der Waals surface area contributed by atoms with E-state index >= 15 is 0 Å². The standard InChI is InChI=1S/C26H30N2O4S2/c1-20-26(34(31,32)22-11-6-3-7-12-22)25-23(13-8-14-24(25)33(20,29)30)28-17-15-27(16-18-28)19-21-9-4-2-5-10-21/h2-14,20,26,29-30H,15-19H2,1H3. The molecule has 0 bridgehead atoms. The number of fused-ring (bicyclic) bond motifs is 1. The number of hydrogen-bond acceptors (Lipinski definition) is 6. The molecular formula is C26H30N2O4S2. The summed E-state index contributed by atoms with van der Waals surface area (Å²) in [6.07, 6.45) is 0. The first kappa shape index (κ1) is 23.4. The van der Waals surface area contributed by atoms with E-state index in [1.807, 2.05) is 30.3 Å². The Balaban J connectivity index is 1.47. The lowest BCUT2D eigenvalue weighted by Gasteiger charge is -2.37. The maximum absolute atomic E-state index is 13.8. The molecule has 3 aromatic carbocycles. The molecular weight excluding hydrogens is 468 g/mol. The Morgan fingerprint density at radius 3 is 2.12 bits per heavy atom. The van der Waals surface area contributed by atoms with Gasteiger partial charge in [0.05, 0.1) is 15.0 Å². The van der Waals surface area contributed by atoms with E-state index in [0.717, 1.165) is 38.4 Å². The van der Waals surface area contributed by atoms with E-state index in [9.17, 15) is 17.5 Å².